The number of carbonyl (C=O) groups excluding carboxylic acids is 2. The molecular weight excluding hydrogens is 388 g/mol. The lowest BCUT2D eigenvalue weighted by Crippen LogP contribution is -2.48. The molecule has 0 saturated carbocycles. The number of rotatable bonds is 7. The predicted octanol–water partition coefficient (Wildman–Crippen LogP) is 0.428. The Bertz CT molecular complexity index is 862. The average molecular weight is 412 g/mol. The second kappa shape index (κ2) is 9.00. The van der Waals surface area contributed by atoms with E-state index in [1.54, 1.807) is 4.90 Å². The summed E-state index contributed by atoms with van der Waals surface area (Å²) in [5, 5.41) is 14.0. The fourth-order valence-corrected chi connectivity index (χ4v) is 3.61. The molecule has 154 valence electrons. The maximum atomic E-state index is 12.2. The van der Waals surface area contributed by atoms with Crippen LogP contribution in [0.25, 0.3) is 0 Å². The summed E-state index contributed by atoms with van der Waals surface area (Å²) in [5.41, 5.74) is 0.273. The lowest BCUT2D eigenvalue weighted by atomic mass is 10.1. The molecule has 11 heteroatoms. The van der Waals surface area contributed by atoms with Crippen LogP contribution in [0.1, 0.15) is 24.2 Å². The summed E-state index contributed by atoms with van der Waals surface area (Å²) in [6, 6.07) is 4.18. The van der Waals surface area contributed by atoms with Crippen LogP contribution in [-0.2, 0) is 14.6 Å². The summed E-state index contributed by atoms with van der Waals surface area (Å²) in [4.78, 5) is 38.1. The van der Waals surface area contributed by atoms with Crippen LogP contribution in [0.5, 0.6) is 0 Å². The molecule has 1 aromatic rings. The van der Waals surface area contributed by atoms with Crippen LogP contribution >= 0.6 is 0 Å². The van der Waals surface area contributed by atoms with E-state index in [2.05, 4.69) is 5.32 Å². The van der Waals surface area contributed by atoms with Gasteiger partial charge in [-0.15, -0.1) is 0 Å². The van der Waals surface area contributed by atoms with Gasteiger partial charge in [0.15, 0.2) is 9.84 Å². The van der Waals surface area contributed by atoms with Gasteiger partial charge in [-0.25, -0.2) is 8.42 Å². The smallest absolute Gasteiger partial charge is 0.293 e. The zero-order valence-electron chi connectivity index (χ0n) is 15.9. The quantitative estimate of drug-likeness (QED) is 0.507. The minimum absolute atomic E-state index is 0.0140. The summed E-state index contributed by atoms with van der Waals surface area (Å²) in [6.07, 6.45) is 0. The maximum absolute atomic E-state index is 12.2. The Kier molecular flexibility index (Phi) is 6.95. The first-order chi connectivity index (χ1) is 13.1. The van der Waals surface area contributed by atoms with Gasteiger partial charge in [0.05, 0.1) is 10.7 Å². The first-order valence-corrected chi connectivity index (χ1v) is 10.7. The van der Waals surface area contributed by atoms with E-state index in [0.29, 0.717) is 31.9 Å². The van der Waals surface area contributed by atoms with Crippen LogP contribution in [0.15, 0.2) is 18.2 Å². The maximum Gasteiger partial charge on any atom is 0.293 e. The Hall–Kier alpha value is -2.69. The first kappa shape index (κ1) is 21.6. The highest BCUT2D eigenvalue weighted by atomic mass is 32.2. The van der Waals surface area contributed by atoms with E-state index >= 15 is 0 Å². The van der Waals surface area contributed by atoms with Crippen LogP contribution in [0.4, 0.5) is 11.4 Å². The number of piperazine rings is 1. The number of nitrogens with zero attached hydrogens (tertiary/aromatic N) is 3. The summed E-state index contributed by atoms with van der Waals surface area (Å²) in [6.45, 7) is 4.81. The minimum atomic E-state index is -3.21. The molecule has 0 radical (unpaired) electrons. The number of nitro groups is 1. The number of benzene rings is 1. The molecule has 0 atom stereocenters. The lowest BCUT2D eigenvalue weighted by molar-refractivity contribution is -0.384. The zero-order valence-corrected chi connectivity index (χ0v) is 16.7. The van der Waals surface area contributed by atoms with Crippen LogP contribution in [0.2, 0.25) is 0 Å². The summed E-state index contributed by atoms with van der Waals surface area (Å²) in [5.74, 6) is -0.802. The largest absolute Gasteiger partial charge is 0.362 e. The first-order valence-electron chi connectivity index (χ1n) is 8.92. The minimum Gasteiger partial charge on any atom is -0.362 e. The molecule has 0 aromatic heterocycles. The highest BCUT2D eigenvalue weighted by Crippen LogP contribution is 2.30. The molecule has 1 fully saturated rings. The Morgan fingerprint density at radius 1 is 1.21 bits per heavy atom. The number of carbonyl (C=O) groups is 2. The molecule has 1 N–H and O–H groups in total. The molecule has 1 aliphatic rings. The highest BCUT2D eigenvalue weighted by Gasteiger charge is 2.25. The molecule has 0 unspecified atom stereocenters. The number of anilines is 1. The predicted molar refractivity (Wildman–Crippen MR) is 104 cm³/mol. The molecule has 10 nitrogen and oxygen atoms in total. The Morgan fingerprint density at radius 2 is 1.86 bits per heavy atom. The van der Waals surface area contributed by atoms with Gasteiger partial charge in [0.2, 0.25) is 5.91 Å². The number of nitro benzene ring substituents is 1. The van der Waals surface area contributed by atoms with Gasteiger partial charge in [-0.05, 0) is 12.1 Å². The molecule has 2 amide bonds. The van der Waals surface area contributed by atoms with Crippen molar-refractivity contribution < 1.29 is 22.9 Å². The number of sulfone groups is 1. The van der Waals surface area contributed by atoms with E-state index in [-0.39, 0.29) is 35.2 Å². The molecule has 1 aromatic carbocycles. The van der Waals surface area contributed by atoms with Gasteiger partial charge in [-0.2, -0.15) is 0 Å². The number of hydrogen-bond donors (Lipinski definition) is 1. The fourth-order valence-electron chi connectivity index (χ4n) is 2.91. The van der Waals surface area contributed by atoms with Crippen molar-refractivity contribution in [1.29, 1.82) is 0 Å². The lowest BCUT2D eigenvalue weighted by Gasteiger charge is -2.35. The molecule has 2 rings (SSSR count). The van der Waals surface area contributed by atoms with Crippen molar-refractivity contribution in [3.05, 3.63) is 33.9 Å². The van der Waals surface area contributed by atoms with Crippen molar-refractivity contribution in [2.45, 2.75) is 13.8 Å². The van der Waals surface area contributed by atoms with Crippen molar-refractivity contribution in [3.8, 4) is 0 Å². The third kappa shape index (κ3) is 5.41. The molecule has 1 heterocycles. The van der Waals surface area contributed by atoms with E-state index in [1.807, 2.05) is 4.90 Å². The monoisotopic (exact) mass is 412 g/mol. The van der Waals surface area contributed by atoms with E-state index in [1.165, 1.54) is 32.0 Å². The van der Waals surface area contributed by atoms with Gasteiger partial charge < -0.3 is 15.1 Å². The summed E-state index contributed by atoms with van der Waals surface area (Å²) in [7, 11) is -3.21. The van der Waals surface area contributed by atoms with Gasteiger partial charge >= 0.3 is 0 Å². The zero-order chi connectivity index (χ0) is 20.9. The second-order valence-electron chi connectivity index (χ2n) is 6.45. The van der Waals surface area contributed by atoms with E-state index in [9.17, 15) is 28.1 Å². The van der Waals surface area contributed by atoms with Crippen LogP contribution in [-0.4, -0.2) is 74.3 Å². The summed E-state index contributed by atoms with van der Waals surface area (Å²) >= 11 is 0. The van der Waals surface area contributed by atoms with Gasteiger partial charge in [-0.1, -0.05) is 6.92 Å². The van der Waals surface area contributed by atoms with Gasteiger partial charge in [0, 0.05) is 57.0 Å². The van der Waals surface area contributed by atoms with Crippen molar-refractivity contribution in [2.75, 3.05) is 49.1 Å². The third-order valence-corrected chi connectivity index (χ3v) is 6.34. The van der Waals surface area contributed by atoms with Crippen LogP contribution < -0.4 is 10.2 Å². The number of amides is 2. The third-order valence-electron chi connectivity index (χ3n) is 4.64. The Morgan fingerprint density at radius 3 is 2.39 bits per heavy atom. The van der Waals surface area contributed by atoms with Crippen LogP contribution in [0, 0.1) is 10.1 Å². The van der Waals surface area contributed by atoms with Gasteiger partial charge in [-0.3, -0.25) is 19.7 Å². The molecule has 0 bridgehead atoms. The SMILES string of the molecule is CCS(=O)(=O)CCNC(=O)c1ccc(N2CCN(C(C)=O)CC2)c([N+](=O)[O-])c1. The Labute approximate surface area is 163 Å². The number of hydrogen-bond acceptors (Lipinski definition) is 7. The van der Waals surface area contributed by atoms with E-state index in [0.717, 1.165) is 0 Å². The summed E-state index contributed by atoms with van der Waals surface area (Å²) < 4.78 is 22.9. The van der Waals surface area contributed by atoms with Gasteiger partial charge in [0.1, 0.15) is 5.69 Å². The fraction of sp³-hybridized carbons (Fsp3) is 0.529. The molecular formula is C17H24N4O6S. The standard InChI is InChI=1S/C17H24N4O6S/c1-3-28(26,27)11-6-18-17(23)14-4-5-15(16(12-14)21(24)25)20-9-7-19(8-10-20)13(2)22/h4-5,12H,3,6-11H2,1-2H3,(H,18,23). The average Bonchev–Trinajstić information content (AvgIpc) is 2.67. The van der Waals surface area contributed by atoms with E-state index in [4.69, 9.17) is 0 Å². The molecule has 1 aliphatic heterocycles. The van der Waals surface area contributed by atoms with Gasteiger partial charge in [0.25, 0.3) is 11.6 Å². The molecule has 0 aliphatic carbocycles. The molecule has 28 heavy (non-hydrogen) atoms. The molecule has 1 saturated heterocycles. The van der Waals surface area contributed by atoms with Crippen LogP contribution in [0.3, 0.4) is 0 Å². The number of nitrogens with one attached hydrogen (secondary N) is 1. The normalized spacial score (nSPS) is 14.6. The second-order valence-corrected chi connectivity index (χ2v) is 8.92. The van der Waals surface area contributed by atoms with Crippen molar-refractivity contribution in [2.24, 2.45) is 0 Å². The highest BCUT2D eigenvalue weighted by molar-refractivity contribution is 7.91. The van der Waals surface area contributed by atoms with Crippen molar-refractivity contribution in [1.82, 2.24) is 10.2 Å². The molecule has 0 spiro atoms. The van der Waals surface area contributed by atoms with Crippen molar-refractivity contribution in [3.63, 3.8) is 0 Å². The van der Waals surface area contributed by atoms with Crippen molar-refractivity contribution >= 4 is 33.0 Å². The van der Waals surface area contributed by atoms with E-state index < -0.39 is 20.7 Å². The Balaban J connectivity index is 2.11. The topological polar surface area (TPSA) is 130 Å².